The highest BCUT2D eigenvalue weighted by molar-refractivity contribution is 8.00. The molecule has 0 radical (unpaired) electrons. The van der Waals surface area contributed by atoms with Gasteiger partial charge in [0.1, 0.15) is 24.3 Å². The Hall–Kier alpha value is -1.44. The van der Waals surface area contributed by atoms with Crippen molar-refractivity contribution in [2.75, 3.05) is 19.5 Å². The number of methoxy groups -OCH3 is 1. The third-order valence-corrected chi connectivity index (χ3v) is 4.17. The molecule has 2 N–H and O–H groups in total. The molecule has 0 aromatic heterocycles. The molecule has 0 amide bonds. The van der Waals surface area contributed by atoms with E-state index in [2.05, 4.69) is 5.32 Å². The smallest absolute Gasteiger partial charge is 0.332 e. The minimum Gasteiger partial charge on any atom is -0.497 e. The van der Waals surface area contributed by atoms with E-state index < -0.39 is 12.1 Å². The van der Waals surface area contributed by atoms with Crippen LogP contribution in [0.3, 0.4) is 0 Å². The largest absolute Gasteiger partial charge is 0.497 e. The lowest BCUT2D eigenvalue weighted by Crippen LogP contribution is -2.38. The molecule has 0 spiro atoms. The van der Waals surface area contributed by atoms with E-state index in [1.165, 1.54) is 6.92 Å². The van der Waals surface area contributed by atoms with E-state index in [1.54, 1.807) is 18.9 Å². The minimum absolute atomic E-state index is 0.0816. The van der Waals surface area contributed by atoms with Crippen molar-refractivity contribution in [3.63, 3.8) is 0 Å². The van der Waals surface area contributed by atoms with Crippen molar-refractivity contribution in [3.05, 3.63) is 24.3 Å². The molecule has 3 unspecified atom stereocenters. The number of rotatable bonds is 7. The molecule has 6 nitrogen and oxygen atoms in total. The zero-order chi connectivity index (χ0) is 15.2. The van der Waals surface area contributed by atoms with Crippen LogP contribution in [0.2, 0.25) is 0 Å². The third-order valence-electron chi connectivity index (χ3n) is 3.00. The second kappa shape index (κ2) is 7.53. The number of aliphatic carboxylic acids is 1. The van der Waals surface area contributed by atoms with Crippen LogP contribution in [-0.2, 0) is 9.53 Å². The number of hydrogen-bond donors (Lipinski definition) is 2. The normalized spacial score (nSPS) is 22.8. The summed E-state index contributed by atoms with van der Waals surface area (Å²) in [6.07, 6.45) is -1.07. The zero-order valence-corrected chi connectivity index (χ0v) is 12.8. The molecular weight excluding hydrogens is 294 g/mol. The van der Waals surface area contributed by atoms with Crippen molar-refractivity contribution in [2.45, 2.75) is 24.6 Å². The van der Waals surface area contributed by atoms with Gasteiger partial charge in [0.2, 0.25) is 0 Å². The molecule has 1 heterocycles. The van der Waals surface area contributed by atoms with Crippen LogP contribution in [0, 0.1) is 0 Å². The summed E-state index contributed by atoms with van der Waals surface area (Å²) in [6.45, 7) is 2.01. The van der Waals surface area contributed by atoms with Gasteiger partial charge in [-0.25, -0.2) is 4.79 Å². The van der Waals surface area contributed by atoms with E-state index in [0.717, 1.165) is 11.5 Å². The first-order valence-electron chi connectivity index (χ1n) is 6.61. The number of hydrogen-bond acceptors (Lipinski definition) is 6. The lowest BCUT2D eigenvalue weighted by atomic mass is 10.3. The van der Waals surface area contributed by atoms with Gasteiger partial charge < -0.3 is 19.3 Å². The maximum absolute atomic E-state index is 10.7. The van der Waals surface area contributed by atoms with Crippen molar-refractivity contribution in [1.82, 2.24) is 5.32 Å². The van der Waals surface area contributed by atoms with E-state index in [1.807, 2.05) is 24.3 Å². The average molecular weight is 313 g/mol. The first-order chi connectivity index (χ1) is 10.1. The van der Waals surface area contributed by atoms with Gasteiger partial charge in [0, 0.05) is 5.75 Å². The second-order valence-corrected chi connectivity index (χ2v) is 5.82. The fourth-order valence-electron chi connectivity index (χ4n) is 1.83. The van der Waals surface area contributed by atoms with Gasteiger partial charge in [-0.1, -0.05) is 0 Å². The number of nitrogens with one attached hydrogen (secondary N) is 1. The molecule has 1 saturated heterocycles. The summed E-state index contributed by atoms with van der Waals surface area (Å²) in [5.41, 5.74) is 0. The van der Waals surface area contributed by atoms with Crippen LogP contribution in [0.15, 0.2) is 24.3 Å². The quantitative estimate of drug-likeness (QED) is 0.791. The van der Waals surface area contributed by atoms with Gasteiger partial charge in [0.05, 0.1) is 12.5 Å². The molecule has 0 bridgehead atoms. The summed E-state index contributed by atoms with van der Waals surface area (Å²) in [5, 5.41) is 12.1. The minimum atomic E-state index is -0.959. The van der Waals surface area contributed by atoms with Crippen LogP contribution in [0.4, 0.5) is 0 Å². The van der Waals surface area contributed by atoms with Crippen LogP contribution in [0.1, 0.15) is 6.92 Å². The molecule has 1 aliphatic heterocycles. The van der Waals surface area contributed by atoms with Crippen molar-refractivity contribution >= 4 is 17.7 Å². The Labute approximate surface area is 127 Å². The molecule has 116 valence electrons. The van der Waals surface area contributed by atoms with Crippen molar-refractivity contribution in [1.29, 1.82) is 0 Å². The average Bonchev–Trinajstić information content (AvgIpc) is 2.93. The van der Waals surface area contributed by atoms with Gasteiger partial charge in [-0.05, 0) is 31.2 Å². The lowest BCUT2D eigenvalue weighted by molar-refractivity contribution is -0.152. The van der Waals surface area contributed by atoms with Gasteiger partial charge in [0.25, 0.3) is 0 Å². The van der Waals surface area contributed by atoms with Gasteiger partial charge in [-0.2, -0.15) is 0 Å². The fourth-order valence-corrected chi connectivity index (χ4v) is 2.82. The van der Waals surface area contributed by atoms with E-state index >= 15 is 0 Å². The molecular formula is C14H19NO5S. The molecule has 2 rings (SSSR count). The van der Waals surface area contributed by atoms with Crippen LogP contribution in [0.5, 0.6) is 11.5 Å². The molecule has 21 heavy (non-hydrogen) atoms. The number of benzene rings is 1. The van der Waals surface area contributed by atoms with Crippen LogP contribution < -0.4 is 14.8 Å². The van der Waals surface area contributed by atoms with E-state index in [9.17, 15) is 4.79 Å². The number of carboxylic acids is 1. The standard InChI is InChI=1S/C14H19NO5S/c1-9(14(16)17)20-12-8-21-13(15-12)7-19-11-5-3-10(18-2)4-6-11/h3-6,9,12-13,15H,7-8H2,1-2H3,(H,16,17). The molecule has 0 saturated carbocycles. The Morgan fingerprint density at radius 1 is 1.43 bits per heavy atom. The van der Waals surface area contributed by atoms with Gasteiger partial charge >= 0.3 is 5.97 Å². The first-order valence-corrected chi connectivity index (χ1v) is 7.66. The molecule has 1 aromatic carbocycles. The summed E-state index contributed by atoms with van der Waals surface area (Å²) in [4.78, 5) is 10.7. The maximum Gasteiger partial charge on any atom is 0.332 e. The van der Waals surface area contributed by atoms with Gasteiger partial charge in [-0.15, -0.1) is 11.8 Å². The molecule has 1 fully saturated rings. The van der Waals surface area contributed by atoms with Gasteiger partial charge in [0.15, 0.2) is 6.10 Å². The van der Waals surface area contributed by atoms with Crippen molar-refractivity contribution in [2.24, 2.45) is 0 Å². The Balaban J connectivity index is 1.73. The van der Waals surface area contributed by atoms with E-state index in [4.69, 9.17) is 19.3 Å². The van der Waals surface area contributed by atoms with Crippen molar-refractivity contribution < 1.29 is 24.1 Å². The molecule has 7 heteroatoms. The van der Waals surface area contributed by atoms with E-state index in [-0.39, 0.29) is 11.6 Å². The van der Waals surface area contributed by atoms with Crippen LogP contribution in [0.25, 0.3) is 0 Å². The monoisotopic (exact) mass is 313 g/mol. The number of ether oxygens (including phenoxy) is 3. The topological polar surface area (TPSA) is 77.0 Å². The van der Waals surface area contributed by atoms with Crippen molar-refractivity contribution in [3.8, 4) is 11.5 Å². The first kappa shape index (κ1) is 15.9. The summed E-state index contributed by atoms with van der Waals surface area (Å²) in [6, 6.07) is 7.37. The Kier molecular flexibility index (Phi) is 5.72. The zero-order valence-electron chi connectivity index (χ0n) is 11.9. The SMILES string of the molecule is COc1ccc(OCC2NC(OC(C)C(=O)O)CS2)cc1. The predicted molar refractivity (Wildman–Crippen MR) is 79.8 cm³/mol. The lowest BCUT2D eigenvalue weighted by Gasteiger charge is -2.17. The summed E-state index contributed by atoms with van der Waals surface area (Å²) >= 11 is 1.65. The van der Waals surface area contributed by atoms with Gasteiger partial charge in [-0.3, -0.25) is 5.32 Å². The summed E-state index contributed by atoms with van der Waals surface area (Å²) < 4.78 is 16.1. The highest BCUT2D eigenvalue weighted by Gasteiger charge is 2.28. The Bertz CT molecular complexity index is 467. The Morgan fingerprint density at radius 3 is 2.71 bits per heavy atom. The fraction of sp³-hybridized carbons (Fsp3) is 0.500. The van der Waals surface area contributed by atoms with E-state index in [0.29, 0.717) is 12.4 Å². The maximum atomic E-state index is 10.7. The third kappa shape index (κ3) is 4.80. The summed E-state index contributed by atoms with van der Waals surface area (Å²) in [7, 11) is 1.62. The van der Waals surface area contributed by atoms with Crippen LogP contribution in [-0.4, -0.2) is 48.3 Å². The highest BCUT2D eigenvalue weighted by atomic mass is 32.2. The Morgan fingerprint density at radius 2 is 2.10 bits per heavy atom. The molecule has 0 aliphatic carbocycles. The predicted octanol–water partition coefficient (Wildman–Crippen LogP) is 1.55. The number of carboxylic acid groups (broad SMARTS) is 1. The number of thioether (sulfide) groups is 1. The molecule has 1 aliphatic rings. The number of carbonyl (C=O) groups is 1. The van der Waals surface area contributed by atoms with Crippen LogP contribution >= 0.6 is 11.8 Å². The molecule has 1 aromatic rings. The summed E-state index contributed by atoms with van der Waals surface area (Å²) in [5.74, 6) is 1.29. The molecule has 3 atom stereocenters. The second-order valence-electron chi connectivity index (χ2n) is 4.58. The highest BCUT2D eigenvalue weighted by Crippen LogP contribution is 2.22.